The standard InChI is InChI=1S/C78H119F7N12O14/c1-13-45(2)64-72(107)96(49-26-27-49)41-62(100)91(8)55-24-15-14-18-33-95(71(55)106)58(36-46-29-31-77(81,82)32-30-46)70(105)90(7)40-60(98)86-54(28-25-47-34-52(79)63(53(80)35-47)78(83,84)85)68(103)97-39-51(111-50-22-19-23-50)37-56(97)67(102)88-76(43-75(3,4)44-76)74(109)94(11)65(48-20-16-17-21-48)73(108)93(10)57(69(104)89(5)6)38-61(99)92(9)59(42-110-12)66(101)87-64/h14-15,45-59,63-65H,13,16-44H2,1-12H3,(H,86,98)(H,87,101)(H,88,102)/b15-14-/t45-,47?,51+,52?,53?,54-,55-,56-,57-,58-,59-,63?,64-,65-/m0/s1. The predicted octanol–water partition coefficient (Wildman–Crippen LogP) is 6.11. The summed E-state index contributed by atoms with van der Waals surface area (Å²) in [6.07, 6.45) is -6.68. The van der Waals surface area contributed by atoms with Crippen LogP contribution in [0.1, 0.15) is 188 Å². The van der Waals surface area contributed by atoms with Gasteiger partial charge in [0.05, 0.1) is 31.8 Å². The third-order valence-electron chi connectivity index (χ3n) is 25.3. The summed E-state index contributed by atoms with van der Waals surface area (Å²) in [4.78, 5) is 194. The van der Waals surface area contributed by atoms with Crippen molar-refractivity contribution in [2.24, 2.45) is 35.0 Å². The average molecular weight is 1580 g/mol. The van der Waals surface area contributed by atoms with Gasteiger partial charge in [-0.3, -0.25) is 57.5 Å². The third-order valence-corrected chi connectivity index (χ3v) is 25.3. The molecule has 0 aromatic heterocycles. The van der Waals surface area contributed by atoms with Gasteiger partial charge in [0, 0.05) is 94.8 Å². The lowest BCUT2D eigenvalue weighted by atomic mass is 9.58. The summed E-state index contributed by atoms with van der Waals surface area (Å²) in [6, 6.07) is -12.0. The molecule has 12 amide bonds. The van der Waals surface area contributed by atoms with Crippen molar-refractivity contribution in [2.45, 2.75) is 285 Å². The molecule has 8 fully saturated rings. The number of alkyl halides is 7. The lowest BCUT2D eigenvalue weighted by Crippen LogP contribution is -2.71. The van der Waals surface area contributed by atoms with Gasteiger partial charge in [-0.25, -0.2) is 17.6 Å². The maximum atomic E-state index is 15.9. The highest BCUT2D eigenvalue weighted by molar-refractivity contribution is 6.01. The molecule has 624 valence electrons. The zero-order valence-corrected chi connectivity index (χ0v) is 66.6. The predicted molar refractivity (Wildman–Crippen MR) is 392 cm³/mol. The molecule has 3 N–H and O–H groups in total. The quantitative estimate of drug-likeness (QED) is 0.131. The van der Waals surface area contributed by atoms with Gasteiger partial charge in [0.2, 0.25) is 76.8 Å². The summed E-state index contributed by atoms with van der Waals surface area (Å²) in [5.74, 6) is -18.0. The van der Waals surface area contributed by atoms with E-state index in [-0.39, 0.29) is 77.0 Å². The molecule has 1 spiro atoms. The molecule has 3 heterocycles. The largest absolute Gasteiger partial charge is 0.397 e. The van der Waals surface area contributed by atoms with Gasteiger partial charge in [0.25, 0.3) is 0 Å². The fourth-order valence-corrected chi connectivity index (χ4v) is 18.3. The van der Waals surface area contributed by atoms with Crippen molar-refractivity contribution in [1.82, 2.24) is 60.0 Å². The number of ether oxygens (including phenoxy) is 2. The summed E-state index contributed by atoms with van der Waals surface area (Å²) in [7, 11) is 10.9. The fourth-order valence-electron chi connectivity index (χ4n) is 18.3. The Balaban J connectivity index is 1.13. The first-order valence-corrected chi connectivity index (χ1v) is 40.0. The number of likely N-dealkylation sites (N-methyl/N-ethyl adjacent to an activating group) is 6. The van der Waals surface area contributed by atoms with E-state index in [1.807, 2.05) is 13.8 Å². The van der Waals surface area contributed by atoms with Crippen LogP contribution in [0.15, 0.2) is 12.2 Å². The molecule has 0 radical (unpaired) electrons. The van der Waals surface area contributed by atoms with Crippen LogP contribution < -0.4 is 16.0 Å². The van der Waals surface area contributed by atoms with Crippen molar-refractivity contribution in [2.75, 3.05) is 89.2 Å². The molecule has 33 heteroatoms. The van der Waals surface area contributed by atoms with Crippen LogP contribution in [0.3, 0.4) is 0 Å². The molecule has 0 aromatic rings. The first-order chi connectivity index (χ1) is 52.1. The number of carbonyl (C=O) groups is 12. The summed E-state index contributed by atoms with van der Waals surface area (Å²) < 4.78 is 115. The van der Waals surface area contributed by atoms with Crippen molar-refractivity contribution < 1.29 is 97.7 Å². The number of rotatable bonds is 14. The Kier molecular flexibility index (Phi) is 28.9. The highest BCUT2D eigenvalue weighted by atomic mass is 19.4. The van der Waals surface area contributed by atoms with E-state index in [1.54, 1.807) is 26.0 Å². The number of nitrogens with zero attached hydrogens (tertiary/aromatic N) is 9. The van der Waals surface area contributed by atoms with Crippen LogP contribution in [0.2, 0.25) is 0 Å². The topological polar surface area (TPSA) is 289 Å². The van der Waals surface area contributed by atoms with Crippen LogP contribution in [-0.2, 0) is 67.0 Å². The monoisotopic (exact) mass is 1580 g/mol. The molecule has 0 aromatic carbocycles. The summed E-state index contributed by atoms with van der Waals surface area (Å²) in [6.45, 7) is 5.04. The normalized spacial score (nSPS) is 32.5. The van der Waals surface area contributed by atoms with Gasteiger partial charge in [-0.15, -0.1) is 0 Å². The van der Waals surface area contributed by atoms with E-state index in [0.717, 1.165) is 21.1 Å². The molecule has 12 atom stereocenters. The Hall–Kier alpha value is -7.19. The first kappa shape index (κ1) is 87.8. The number of methoxy groups -OCH3 is 1. The third kappa shape index (κ3) is 20.9. The Bertz CT molecular complexity index is 3400. The zero-order valence-electron chi connectivity index (χ0n) is 66.6. The van der Waals surface area contributed by atoms with Crippen LogP contribution in [0.5, 0.6) is 0 Å². The van der Waals surface area contributed by atoms with E-state index in [9.17, 15) is 45.9 Å². The van der Waals surface area contributed by atoms with Crippen LogP contribution in [0, 0.1) is 35.0 Å². The molecule has 6 aliphatic carbocycles. The number of carbonyl (C=O) groups excluding carboxylic acids is 12. The van der Waals surface area contributed by atoms with Gasteiger partial charge in [-0.1, -0.05) is 59.1 Å². The maximum Gasteiger partial charge on any atom is 0.397 e. The van der Waals surface area contributed by atoms with Crippen LogP contribution >= 0.6 is 0 Å². The van der Waals surface area contributed by atoms with Gasteiger partial charge in [-0.2, -0.15) is 13.2 Å². The Morgan fingerprint density at radius 2 is 1.31 bits per heavy atom. The van der Waals surface area contributed by atoms with Crippen LogP contribution in [0.4, 0.5) is 30.7 Å². The molecule has 2 bridgehead atoms. The molecule has 2 unspecified atom stereocenters. The highest BCUT2D eigenvalue weighted by Gasteiger charge is 2.60. The van der Waals surface area contributed by atoms with Crippen molar-refractivity contribution in [3.05, 3.63) is 12.2 Å². The second kappa shape index (κ2) is 36.5. The second-order valence-corrected chi connectivity index (χ2v) is 34.4. The van der Waals surface area contributed by atoms with E-state index in [4.69, 9.17) is 9.47 Å². The average Bonchev–Trinajstić information content (AvgIpc) is 1.73. The minimum Gasteiger partial charge on any atom is -0.382 e. The molecule has 3 aliphatic heterocycles. The Morgan fingerprint density at radius 1 is 0.667 bits per heavy atom. The number of hydrogen-bond acceptors (Lipinski definition) is 14. The molecule has 111 heavy (non-hydrogen) atoms. The molecule has 26 nitrogen and oxygen atoms in total. The van der Waals surface area contributed by atoms with E-state index in [0.29, 0.717) is 57.8 Å². The summed E-state index contributed by atoms with van der Waals surface area (Å²) >= 11 is 0. The molecule has 2 saturated heterocycles. The molecule has 9 aliphatic rings. The van der Waals surface area contributed by atoms with Gasteiger partial charge in [0.1, 0.15) is 78.7 Å². The van der Waals surface area contributed by atoms with E-state index in [1.165, 1.54) is 85.8 Å². The molecule has 6 saturated carbocycles. The number of halogens is 7. The van der Waals surface area contributed by atoms with Gasteiger partial charge in [0.15, 0.2) is 0 Å². The van der Waals surface area contributed by atoms with Crippen molar-refractivity contribution in [1.29, 1.82) is 0 Å². The van der Waals surface area contributed by atoms with Crippen LogP contribution in [-0.4, -0.2) is 301 Å². The zero-order chi connectivity index (χ0) is 81.7. The van der Waals surface area contributed by atoms with E-state index in [2.05, 4.69) is 16.0 Å². The van der Waals surface area contributed by atoms with Gasteiger partial charge >= 0.3 is 6.18 Å². The minimum atomic E-state index is -5.21. The molecular weight excluding hydrogens is 1460 g/mol. The molecular formula is C78H119F7N12O14. The maximum absolute atomic E-state index is 15.9. The summed E-state index contributed by atoms with van der Waals surface area (Å²) in [5, 5.41) is 8.56. The lowest BCUT2D eigenvalue weighted by molar-refractivity contribution is -0.219. The number of hydrogen-bond donors (Lipinski definition) is 3. The number of fused-ring (bicyclic) bond motifs is 3. The van der Waals surface area contributed by atoms with Crippen LogP contribution in [0.25, 0.3) is 0 Å². The van der Waals surface area contributed by atoms with Gasteiger partial charge in [-0.05, 0) is 145 Å². The second-order valence-electron chi connectivity index (χ2n) is 34.4. The van der Waals surface area contributed by atoms with Crippen molar-refractivity contribution in [3.63, 3.8) is 0 Å². The number of nitrogens with one attached hydrogen (secondary N) is 3. The van der Waals surface area contributed by atoms with Crippen molar-refractivity contribution >= 4 is 70.9 Å². The van der Waals surface area contributed by atoms with Gasteiger partial charge < -0.3 is 69.5 Å². The Labute approximate surface area is 647 Å². The SMILES string of the molecule is CC[C@H](C)[C@@H]1NC(=O)[C@H](COC)N(C)C(=O)C[C@@H](C(=O)N(C)C)N(C)C(=O)[C@H](C2CCCC2)N(C)C(=O)C2(CC(C)(C)C2)NC(=O)[C@@H]2C[C@@H](OC3CCC3)CN2C(=O)[C@H](CCC2CC(F)C(C(F)(F)F)C(F)C2)NC(=O)CN(C)C(=O)[C@H](CC2CCC(F)(F)CC2)N2CC/C=C\C[C@@H](C2=O)N(C)C(=O)CN(C2CC2)C1=O. The minimum absolute atomic E-state index is 0.0210. The Morgan fingerprint density at radius 3 is 1.87 bits per heavy atom. The van der Waals surface area contributed by atoms with Crippen molar-refractivity contribution in [3.8, 4) is 0 Å². The summed E-state index contributed by atoms with van der Waals surface area (Å²) in [5.41, 5.74) is -2.36. The van der Waals surface area contributed by atoms with E-state index < -0.39 is 255 Å². The smallest absolute Gasteiger partial charge is 0.382 e. The highest BCUT2D eigenvalue weighted by Crippen LogP contribution is 2.50. The first-order valence-electron chi connectivity index (χ1n) is 40.0. The molecule has 9 rings (SSSR count). The lowest BCUT2D eigenvalue weighted by Gasteiger charge is -2.54. The number of amides is 12. The fraction of sp³-hybridized carbons (Fsp3) is 0.821. The van der Waals surface area contributed by atoms with E-state index >= 15 is 42.3 Å².